The number of aliphatic hydroxyl groups is 2. The number of rotatable bonds is 21. The Kier molecular flexibility index (Phi) is 15.5. The fraction of sp³-hybridized carbons (Fsp3) is 0.486. The van der Waals surface area contributed by atoms with Gasteiger partial charge in [-0.2, -0.15) is 0 Å². The minimum Gasteiger partial charge on any atom is -0.497 e. The minimum atomic E-state index is -1.14. The van der Waals surface area contributed by atoms with E-state index in [9.17, 15) is 15.0 Å². The van der Waals surface area contributed by atoms with Crippen LogP contribution in [0, 0.1) is 0 Å². The van der Waals surface area contributed by atoms with Gasteiger partial charge in [0.05, 0.1) is 25.9 Å². The van der Waals surface area contributed by atoms with Crippen LogP contribution in [0.2, 0.25) is 0 Å². The number of ether oxygens (including phenoxy) is 3. The van der Waals surface area contributed by atoms with Crippen molar-refractivity contribution in [3.63, 3.8) is 0 Å². The number of methoxy groups -OCH3 is 2. The van der Waals surface area contributed by atoms with Gasteiger partial charge in [0.2, 0.25) is 0 Å². The van der Waals surface area contributed by atoms with Crippen molar-refractivity contribution in [1.82, 2.24) is 16.0 Å². The van der Waals surface area contributed by atoms with Gasteiger partial charge in [0, 0.05) is 30.3 Å². The molecule has 0 heterocycles. The molecule has 0 spiro atoms. The van der Waals surface area contributed by atoms with Gasteiger partial charge in [-0.1, -0.05) is 43.3 Å². The lowest BCUT2D eigenvalue weighted by molar-refractivity contribution is -0.0769. The average molecular weight is 636 g/mol. The molecule has 1 amide bonds. The summed E-state index contributed by atoms with van der Waals surface area (Å²) < 4.78 is 16.5. The minimum absolute atomic E-state index is 0.223. The molecule has 0 bridgehead atoms. The van der Waals surface area contributed by atoms with Crippen molar-refractivity contribution in [1.29, 1.82) is 0 Å². The Balaban J connectivity index is 1.71. The van der Waals surface area contributed by atoms with Crippen LogP contribution >= 0.6 is 0 Å². The molecular weight excluding hydrogens is 582 g/mol. The van der Waals surface area contributed by atoms with Gasteiger partial charge in [0.1, 0.15) is 11.5 Å². The number of benzene rings is 3. The maximum atomic E-state index is 13.5. The molecule has 0 saturated carbocycles. The van der Waals surface area contributed by atoms with Crippen LogP contribution in [0.4, 0.5) is 0 Å². The molecule has 0 radical (unpaired) electrons. The Labute approximate surface area is 274 Å². The van der Waals surface area contributed by atoms with Crippen LogP contribution in [0.5, 0.6) is 11.5 Å². The van der Waals surface area contributed by atoms with Gasteiger partial charge in [-0.05, 0) is 107 Å². The number of nitrogens with one attached hydrogen (secondary N) is 3. The summed E-state index contributed by atoms with van der Waals surface area (Å²) in [6.07, 6.45) is 2.66. The number of aliphatic hydroxyl groups excluding tert-OH is 2. The van der Waals surface area contributed by atoms with Crippen molar-refractivity contribution in [2.24, 2.45) is 0 Å². The van der Waals surface area contributed by atoms with Gasteiger partial charge in [-0.3, -0.25) is 4.79 Å². The molecule has 3 rings (SSSR count). The topological polar surface area (TPSA) is 121 Å². The van der Waals surface area contributed by atoms with Crippen LogP contribution in [0.3, 0.4) is 0 Å². The summed E-state index contributed by atoms with van der Waals surface area (Å²) in [7, 11) is 3.03. The van der Waals surface area contributed by atoms with Gasteiger partial charge in [0.25, 0.3) is 5.91 Å². The third-order valence-corrected chi connectivity index (χ3v) is 8.03. The standard InChI is InChI=1S/C37H53N3O6/c1-6-19-38-20-8-7-9-21-46-32-18-10-13-27(22-32)23-33(40-35(42)28-14-11-15-29(24-28)36(43)45-5)34(41)26-39-37(2,3)30-16-12-17-31(25-30)44-4/h10-18,22,24-25,33-34,36,38-39,41,43H,6-9,19-21,23,26H2,1-5H3,(H,40,42)/t33-,34+,36?/m0/s1. The summed E-state index contributed by atoms with van der Waals surface area (Å²) in [6, 6.07) is 21.6. The van der Waals surface area contributed by atoms with Crippen molar-refractivity contribution in [3.05, 3.63) is 95.1 Å². The number of carbonyl (C=O) groups excluding carboxylic acids is 1. The van der Waals surface area contributed by atoms with E-state index >= 15 is 0 Å². The largest absolute Gasteiger partial charge is 0.497 e. The summed E-state index contributed by atoms with van der Waals surface area (Å²) in [6.45, 7) is 9.18. The van der Waals surface area contributed by atoms with E-state index in [2.05, 4.69) is 22.9 Å². The Hall–Kier alpha value is -3.47. The second kappa shape index (κ2) is 19.3. The molecule has 1 unspecified atom stereocenters. The summed E-state index contributed by atoms with van der Waals surface area (Å²) in [5.74, 6) is 1.16. The fourth-order valence-corrected chi connectivity index (χ4v) is 5.16. The molecule has 0 fully saturated rings. The molecular formula is C37H53N3O6. The normalized spacial score (nSPS) is 13.5. The first-order chi connectivity index (χ1) is 22.2. The third-order valence-electron chi connectivity index (χ3n) is 8.03. The van der Waals surface area contributed by atoms with E-state index in [0.29, 0.717) is 24.2 Å². The highest BCUT2D eigenvalue weighted by Gasteiger charge is 2.27. The van der Waals surface area contributed by atoms with E-state index in [-0.39, 0.29) is 12.5 Å². The lowest BCUT2D eigenvalue weighted by atomic mass is 9.93. The molecule has 0 saturated heterocycles. The van der Waals surface area contributed by atoms with E-state index in [1.165, 1.54) is 7.11 Å². The first-order valence-corrected chi connectivity index (χ1v) is 16.3. The van der Waals surface area contributed by atoms with E-state index in [1.54, 1.807) is 31.4 Å². The van der Waals surface area contributed by atoms with Crippen molar-refractivity contribution in [2.45, 2.75) is 76.9 Å². The maximum Gasteiger partial charge on any atom is 0.251 e. The SMILES string of the molecule is CCCNCCCCCOc1cccc(C[C@H](NC(=O)c2cccc(C(O)OC)c2)[C@H](O)CNC(C)(C)c2cccc(OC)c2)c1. The second-order valence-electron chi connectivity index (χ2n) is 12.1. The molecule has 0 aromatic heterocycles. The highest BCUT2D eigenvalue weighted by molar-refractivity contribution is 5.94. The summed E-state index contributed by atoms with van der Waals surface area (Å²) in [5.41, 5.74) is 2.29. The van der Waals surface area contributed by atoms with E-state index < -0.39 is 24.0 Å². The second-order valence-corrected chi connectivity index (χ2v) is 12.1. The molecule has 3 aromatic rings. The Morgan fingerprint density at radius 3 is 2.41 bits per heavy atom. The number of unbranched alkanes of at least 4 members (excludes halogenated alkanes) is 2. The molecule has 5 N–H and O–H groups in total. The smallest absolute Gasteiger partial charge is 0.251 e. The molecule has 9 nitrogen and oxygen atoms in total. The number of carbonyl (C=O) groups is 1. The van der Waals surface area contributed by atoms with E-state index in [1.807, 2.05) is 62.4 Å². The third kappa shape index (κ3) is 12.0. The Morgan fingerprint density at radius 1 is 0.891 bits per heavy atom. The van der Waals surface area contributed by atoms with Crippen LogP contribution in [-0.4, -0.2) is 68.7 Å². The van der Waals surface area contributed by atoms with Gasteiger partial charge < -0.3 is 40.4 Å². The first kappa shape index (κ1) is 37.0. The van der Waals surface area contributed by atoms with Gasteiger partial charge in [-0.25, -0.2) is 0 Å². The molecule has 3 aromatic carbocycles. The molecule has 0 aliphatic heterocycles. The van der Waals surface area contributed by atoms with Crippen LogP contribution in [0.15, 0.2) is 72.8 Å². The zero-order valence-electron chi connectivity index (χ0n) is 28.1. The van der Waals surface area contributed by atoms with Gasteiger partial charge in [-0.15, -0.1) is 0 Å². The van der Waals surface area contributed by atoms with Crippen molar-refractivity contribution < 1.29 is 29.2 Å². The quantitative estimate of drug-likeness (QED) is 0.0810. The molecule has 0 aliphatic carbocycles. The zero-order chi connectivity index (χ0) is 33.4. The lowest BCUT2D eigenvalue weighted by Crippen LogP contribution is -2.51. The predicted octanol–water partition coefficient (Wildman–Crippen LogP) is 5.11. The molecule has 9 heteroatoms. The molecule has 46 heavy (non-hydrogen) atoms. The van der Waals surface area contributed by atoms with E-state index in [0.717, 1.165) is 61.4 Å². The molecule has 252 valence electrons. The predicted molar refractivity (Wildman–Crippen MR) is 182 cm³/mol. The van der Waals surface area contributed by atoms with Crippen molar-refractivity contribution >= 4 is 5.91 Å². The first-order valence-electron chi connectivity index (χ1n) is 16.3. The van der Waals surface area contributed by atoms with Gasteiger partial charge >= 0.3 is 0 Å². The fourth-order valence-electron chi connectivity index (χ4n) is 5.16. The van der Waals surface area contributed by atoms with E-state index in [4.69, 9.17) is 14.2 Å². The maximum absolute atomic E-state index is 13.5. The number of hydrogen-bond donors (Lipinski definition) is 5. The Bertz CT molecular complexity index is 1330. The lowest BCUT2D eigenvalue weighted by Gasteiger charge is -2.31. The zero-order valence-corrected chi connectivity index (χ0v) is 28.1. The summed E-state index contributed by atoms with van der Waals surface area (Å²) >= 11 is 0. The highest BCUT2D eigenvalue weighted by atomic mass is 16.6. The van der Waals surface area contributed by atoms with Crippen LogP contribution in [0.1, 0.15) is 79.8 Å². The van der Waals surface area contributed by atoms with Crippen LogP contribution in [0.25, 0.3) is 0 Å². The average Bonchev–Trinajstić information content (AvgIpc) is 3.08. The van der Waals surface area contributed by atoms with Crippen LogP contribution in [-0.2, 0) is 16.7 Å². The van der Waals surface area contributed by atoms with Crippen molar-refractivity contribution in [2.75, 3.05) is 40.5 Å². The molecule has 0 aliphatic rings. The summed E-state index contributed by atoms with van der Waals surface area (Å²) in [5, 5.41) is 31.6. The number of amides is 1. The van der Waals surface area contributed by atoms with Gasteiger partial charge in [0.15, 0.2) is 6.29 Å². The Morgan fingerprint density at radius 2 is 1.65 bits per heavy atom. The van der Waals surface area contributed by atoms with Crippen LogP contribution < -0.4 is 25.4 Å². The van der Waals surface area contributed by atoms with Crippen molar-refractivity contribution in [3.8, 4) is 11.5 Å². The highest BCUT2D eigenvalue weighted by Crippen LogP contribution is 2.24. The monoisotopic (exact) mass is 635 g/mol. The molecule has 3 atom stereocenters. The number of hydrogen-bond acceptors (Lipinski definition) is 8. The summed E-state index contributed by atoms with van der Waals surface area (Å²) in [4.78, 5) is 13.5.